The highest BCUT2D eigenvalue weighted by molar-refractivity contribution is 6.30. The van der Waals surface area contributed by atoms with Crippen LogP contribution in [0, 0.1) is 13.8 Å². The maximum atomic E-state index is 11.9. The number of halogens is 1. The maximum Gasteiger partial charge on any atom is 0.232 e. The summed E-state index contributed by atoms with van der Waals surface area (Å²) in [6, 6.07) is 1.83. The molecule has 1 unspecified atom stereocenters. The van der Waals surface area contributed by atoms with Crippen LogP contribution in [0.1, 0.15) is 46.3 Å². The van der Waals surface area contributed by atoms with Crippen LogP contribution >= 0.6 is 11.6 Å². The molecule has 1 aromatic carbocycles. The summed E-state index contributed by atoms with van der Waals surface area (Å²) in [4.78, 5) is 23.7. The molecule has 0 aromatic heterocycles. The standard InChI is InChI=1S/C14H16ClNO2/c1-4-9-11-5-10(12(17)6-15)7(2)8(3)13(11)16-14(9)18/h5,9H,4,6H2,1-3H3,(H,16,18). The molecule has 0 aliphatic carbocycles. The van der Waals surface area contributed by atoms with E-state index in [0.717, 1.165) is 28.8 Å². The molecule has 1 heterocycles. The number of rotatable bonds is 3. The molecule has 1 aliphatic heterocycles. The Kier molecular flexibility index (Phi) is 3.44. The SMILES string of the molecule is CCC1C(=O)Nc2c1cc(C(=O)CCl)c(C)c2C. The Balaban J connectivity index is 2.64. The maximum absolute atomic E-state index is 11.9. The predicted molar refractivity (Wildman–Crippen MR) is 72.6 cm³/mol. The van der Waals surface area contributed by atoms with Gasteiger partial charge < -0.3 is 5.32 Å². The molecule has 0 radical (unpaired) electrons. The fraction of sp³-hybridized carbons (Fsp3) is 0.429. The lowest BCUT2D eigenvalue weighted by atomic mass is 9.90. The second kappa shape index (κ2) is 4.73. The zero-order valence-corrected chi connectivity index (χ0v) is 11.5. The van der Waals surface area contributed by atoms with Crippen LogP contribution in [0.4, 0.5) is 5.69 Å². The summed E-state index contributed by atoms with van der Waals surface area (Å²) < 4.78 is 0. The minimum Gasteiger partial charge on any atom is -0.325 e. The normalized spacial score (nSPS) is 17.6. The van der Waals surface area contributed by atoms with E-state index in [0.29, 0.717) is 5.56 Å². The van der Waals surface area contributed by atoms with E-state index in [1.165, 1.54) is 0 Å². The van der Waals surface area contributed by atoms with Crippen molar-refractivity contribution in [1.29, 1.82) is 0 Å². The Labute approximate surface area is 112 Å². The van der Waals surface area contributed by atoms with E-state index in [-0.39, 0.29) is 23.5 Å². The highest BCUT2D eigenvalue weighted by Crippen LogP contribution is 2.39. The zero-order chi connectivity index (χ0) is 13.4. The average Bonchev–Trinajstić information content (AvgIpc) is 2.68. The van der Waals surface area contributed by atoms with Gasteiger partial charge >= 0.3 is 0 Å². The fourth-order valence-electron chi connectivity index (χ4n) is 2.50. The summed E-state index contributed by atoms with van der Waals surface area (Å²) in [6.45, 7) is 5.79. The van der Waals surface area contributed by atoms with Crippen LogP contribution in [0.15, 0.2) is 6.07 Å². The third-order valence-corrected chi connectivity index (χ3v) is 3.94. The van der Waals surface area contributed by atoms with Gasteiger partial charge in [-0.2, -0.15) is 0 Å². The third kappa shape index (κ3) is 1.83. The summed E-state index contributed by atoms with van der Waals surface area (Å²) >= 11 is 5.63. The number of carbonyl (C=O) groups excluding carboxylic acids is 2. The number of hydrogen-bond acceptors (Lipinski definition) is 2. The summed E-state index contributed by atoms with van der Waals surface area (Å²) in [7, 11) is 0. The first-order valence-electron chi connectivity index (χ1n) is 6.05. The predicted octanol–water partition coefficient (Wildman–Crippen LogP) is 3.17. The molecule has 4 heteroatoms. The van der Waals surface area contributed by atoms with Gasteiger partial charge in [0, 0.05) is 11.3 Å². The quantitative estimate of drug-likeness (QED) is 0.674. The van der Waals surface area contributed by atoms with Crippen molar-refractivity contribution in [2.45, 2.75) is 33.1 Å². The number of nitrogens with one attached hydrogen (secondary N) is 1. The lowest BCUT2D eigenvalue weighted by Gasteiger charge is -2.13. The molecule has 0 bridgehead atoms. The van der Waals surface area contributed by atoms with Crippen molar-refractivity contribution < 1.29 is 9.59 Å². The van der Waals surface area contributed by atoms with E-state index >= 15 is 0 Å². The molecule has 1 aliphatic rings. The molecule has 96 valence electrons. The van der Waals surface area contributed by atoms with Crippen LogP contribution in [0.2, 0.25) is 0 Å². The van der Waals surface area contributed by atoms with Crippen molar-refractivity contribution in [3.05, 3.63) is 28.3 Å². The van der Waals surface area contributed by atoms with Gasteiger partial charge in [-0.1, -0.05) is 6.92 Å². The van der Waals surface area contributed by atoms with E-state index in [1.54, 1.807) is 0 Å². The van der Waals surface area contributed by atoms with Gasteiger partial charge in [-0.3, -0.25) is 9.59 Å². The van der Waals surface area contributed by atoms with E-state index in [9.17, 15) is 9.59 Å². The molecule has 1 N–H and O–H groups in total. The molecule has 0 saturated heterocycles. The number of benzene rings is 1. The molecule has 18 heavy (non-hydrogen) atoms. The Bertz CT molecular complexity index is 537. The molecule has 0 saturated carbocycles. The number of Topliss-reactive ketones (excluding diaryl/α,β-unsaturated/α-hetero) is 1. The third-order valence-electron chi connectivity index (χ3n) is 3.70. The monoisotopic (exact) mass is 265 g/mol. The van der Waals surface area contributed by atoms with Gasteiger partial charge in [-0.25, -0.2) is 0 Å². The highest BCUT2D eigenvalue weighted by Gasteiger charge is 2.32. The van der Waals surface area contributed by atoms with Crippen LogP contribution in [0.3, 0.4) is 0 Å². The Morgan fingerprint density at radius 3 is 2.61 bits per heavy atom. The lowest BCUT2D eigenvalue weighted by Crippen LogP contribution is -2.10. The number of amides is 1. The van der Waals surface area contributed by atoms with E-state index in [4.69, 9.17) is 11.6 Å². The van der Waals surface area contributed by atoms with Crippen molar-refractivity contribution in [1.82, 2.24) is 0 Å². The van der Waals surface area contributed by atoms with Gasteiger partial charge in [0.15, 0.2) is 5.78 Å². The van der Waals surface area contributed by atoms with Crippen LogP contribution < -0.4 is 5.32 Å². The first kappa shape index (κ1) is 13.1. The molecule has 1 aromatic rings. The lowest BCUT2D eigenvalue weighted by molar-refractivity contribution is -0.117. The van der Waals surface area contributed by atoms with Gasteiger partial charge in [0.05, 0.1) is 11.8 Å². The van der Waals surface area contributed by atoms with Crippen LogP contribution in [0.5, 0.6) is 0 Å². The second-order valence-electron chi connectivity index (χ2n) is 4.65. The van der Waals surface area contributed by atoms with Crippen LogP contribution in [0.25, 0.3) is 0 Å². The average molecular weight is 266 g/mol. The minimum atomic E-state index is -0.152. The van der Waals surface area contributed by atoms with Crippen molar-refractivity contribution in [2.75, 3.05) is 11.2 Å². The van der Waals surface area contributed by atoms with Crippen LogP contribution in [-0.2, 0) is 4.79 Å². The summed E-state index contributed by atoms with van der Waals surface area (Å²) in [6.07, 6.45) is 0.732. The summed E-state index contributed by atoms with van der Waals surface area (Å²) in [5.74, 6) is -0.252. The Morgan fingerprint density at radius 1 is 1.39 bits per heavy atom. The van der Waals surface area contributed by atoms with E-state index in [2.05, 4.69) is 5.32 Å². The summed E-state index contributed by atoms with van der Waals surface area (Å²) in [5, 5.41) is 2.91. The minimum absolute atomic E-state index is 0.0190. The van der Waals surface area contributed by atoms with Gasteiger partial charge in [0.1, 0.15) is 0 Å². The van der Waals surface area contributed by atoms with Crippen molar-refractivity contribution in [3.63, 3.8) is 0 Å². The molecule has 3 nitrogen and oxygen atoms in total. The van der Waals surface area contributed by atoms with E-state index < -0.39 is 0 Å². The first-order chi connectivity index (χ1) is 8.51. The van der Waals surface area contributed by atoms with Crippen molar-refractivity contribution in [3.8, 4) is 0 Å². The second-order valence-corrected chi connectivity index (χ2v) is 4.91. The molecular weight excluding hydrogens is 250 g/mol. The zero-order valence-electron chi connectivity index (χ0n) is 10.8. The number of ketones is 1. The Morgan fingerprint density at radius 2 is 2.06 bits per heavy atom. The molecular formula is C14H16ClNO2. The largest absolute Gasteiger partial charge is 0.325 e. The molecule has 2 rings (SSSR count). The summed E-state index contributed by atoms with van der Waals surface area (Å²) in [5.41, 5.74) is 4.30. The van der Waals surface area contributed by atoms with Gasteiger partial charge in [0.2, 0.25) is 5.91 Å². The van der Waals surface area contributed by atoms with Gasteiger partial charge in [-0.15, -0.1) is 11.6 Å². The Hall–Kier alpha value is -1.35. The highest BCUT2D eigenvalue weighted by atomic mass is 35.5. The number of carbonyl (C=O) groups is 2. The molecule has 0 spiro atoms. The van der Waals surface area contributed by atoms with Gasteiger partial charge in [0.25, 0.3) is 0 Å². The topological polar surface area (TPSA) is 46.2 Å². The van der Waals surface area contributed by atoms with Crippen LogP contribution in [-0.4, -0.2) is 17.6 Å². The van der Waals surface area contributed by atoms with Crippen molar-refractivity contribution in [2.24, 2.45) is 0 Å². The number of anilines is 1. The van der Waals surface area contributed by atoms with Crippen molar-refractivity contribution >= 4 is 29.0 Å². The number of alkyl halides is 1. The molecule has 0 fully saturated rings. The fourth-order valence-corrected chi connectivity index (χ4v) is 2.65. The molecule has 1 atom stereocenters. The van der Waals surface area contributed by atoms with E-state index in [1.807, 2.05) is 26.8 Å². The van der Waals surface area contributed by atoms with Gasteiger partial charge in [-0.05, 0) is 43.0 Å². The number of fused-ring (bicyclic) bond motifs is 1. The smallest absolute Gasteiger partial charge is 0.232 e. The number of hydrogen-bond donors (Lipinski definition) is 1. The first-order valence-corrected chi connectivity index (χ1v) is 6.58. The molecule has 1 amide bonds.